The van der Waals surface area contributed by atoms with Crippen LogP contribution in [0, 0.1) is 0 Å². The van der Waals surface area contributed by atoms with Gasteiger partial charge in [-0.25, -0.2) is 4.98 Å². The van der Waals surface area contributed by atoms with Crippen molar-refractivity contribution in [1.29, 1.82) is 0 Å². The highest BCUT2D eigenvalue weighted by Gasteiger charge is 2.15. The van der Waals surface area contributed by atoms with Gasteiger partial charge in [0.2, 0.25) is 0 Å². The Morgan fingerprint density at radius 2 is 2.14 bits per heavy atom. The summed E-state index contributed by atoms with van der Waals surface area (Å²) in [4.78, 5) is 6.87. The highest BCUT2D eigenvalue weighted by atomic mass is 16.5. The van der Waals surface area contributed by atoms with Crippen molar-refractivity contribution < 1.29 is 9.94 Å². The van der Waals surface area contributed by atoms with Gasteiger partial charge in [0.05, 0.1) is 12.1 Å². The third-order valence-corrected chi connectivity index (χ3v) is 3.63. The Kier molecular flexibility index (Phi) is 3.87. The minimum Gasteiger partial charge on any atom is -0.409 e. The lowest BCUT2D eigenvalue weighted by Crippen LogP contribution is -2.27. The molecule has 2 heterocycles. The molecule has 1 aliphatic heterocycles. The van der Waals surface area contributed by atoms with E-state index in [0.29, 0.717) is 12.2 Å². The van der Waals surface area contributed by atoms with Crippen LogP contribution in [0.4, 0.5) is 5.82 Å². The van der Waals surface area contributed by atoms with Crippen molar-refractivity contribution in [3.63, 3.8) is 0 Å². The van der Waals surface area contributed by atoms with E-state index in [2.05, 4.69) is 10.1 Å². The summed E-state index contributed by atoms with van der Waals surface area (Å²) < 4.78 is 5.47. The molecule has 0 unspecified atom stereocenters. The van der Waals surface area contributed by atoms with Crippen LogP contribution in [0.3, 0.4) is 0 Å². The maximum Gasteiger partial charge on any atom is 0.170 e. The number of hydrogen-bond acceptors (Lipinski definition) is 5. The first-order valence-corrected chi connectivity index (χ1v) is 7.00. The number of para-hydroxylation sites is 1. The second-order valence-corrected chi connectivity index (χ2v) is 4.98. The van der Waals surface area contributed by atoms with Crippen molar-refractivity contribution in [2.75, 3.05) is 31.2 Å². The number of hydrogen-bond donors (Lipinski definition) is 2. The van der Waals surface area contributed by atoms with Crippen molar-refractivity contribution in [2.45, 2.75) is 6.42 Å². The Bertz CT molecular complexity index is 664. The first-order valence-electron chi connectivity index (χ1n) is 7.00. The van der Waals surface area contributed by atoms with Gasteiger partial charge in [0.15, 0.2) is 5.84 Å². The highest BCUT2D eigenvalue weighted by Crippen LogP contribution is 2.23. The van der Waals surface area contributed by atoms with E-state index in [1.807, 2.05) is 30.3 Å². The van der Waals surface area contributed by atoms with Gasteiger partial charge in [-0.3, -0.25) is 0 Å². The smallest absolute Gasteiger partial charge is 0.170 e. The molecule has 0 aliphatic carbocycles. The van der Waals surface area contributed by atoms with Crippen molar-refractivity contribution in [3.8, 4) is 0 Å². The van der Waals surface area contributed by atoms with Crippen LogP contribution in [0.2, 0.25) is 0 Å². The fraction of sp³-hybridized carbons (Fsp3) is 0.333. The summed E-state index contributed by atoms with van der Waals surface area (Å²) in [6, 6.07) is 9.58. The molecule has 2 aromatic rings. The maximum atomic E-state index is 9.00. The fourth-order valence-corrected chi connectivity index (χ4v) is 2.56. The number of pyridine rings is 1. The molecule has 0 amide bonds. The second kappa shape index (κ2) is 5.97. The minimum atomic E-state index is 0.0981. The van der Waals surface area contributed by atoms with Gasteiger partial charge in [-0.1, -0.05) is 23.4 Å². The molecule has 21 heavy (non-hydrogen) atoms. The van der Waals surface area contributed by atoms with Gasteiger partial charge in [-0.05, 0) is 18.6 Å². The summed E-state index contributed by atoms with van der Waals surface area (Å²) in [5, 5.41) is 13.0. The first kappa shape index (κ1) is 13.6. The summed E-state index contributed by atoms with van der Waals surface area (Å²) in [7, 11) is 0. The van der Waals surface area contributed by atoms with Gasteiger partial charge in [0.1, 0.15) is 5.82 Å². The fourth-order valence-electron chi connectivity index (χ4n) is 2.56. The minimum absolute atomic E-state index is 0.0981. The van der Waals surface area contributed by atoms with Crippen molar-refractivity contribution >= 4 is 22.6 Å². The highest BCUT2D eigenvalue weighted by molar-refractivity contribution is 6.08. The molecule has 1 saturated heterocycles. The van der Waals surface area contributed by atoms with Crippen LogP contribution in [-0.4, -0.2) is 42.3 Å². The van der Waals surface area contributed by atoms with Crippen molar-refractivity contribution in [1.82, 2.24) is 4.98 Å². The quantitative estimate of drug-likeness (QED) is 0.379. The topological polar surface area (TPSA) is 84.0 Å². The number of nitrogens with zero attached hydrogens (tertiary/aromatic N) is 3. The number of nitrogens with two attached hydrogens (primary N) is 1. The molecule has 3 rings (SSSR count). The Morgan fingerprint density at radius 3 is 3.00 bits per heavy atom. The second-order valence-electron chi connectivity index (χ2n) is 4.98. The monoisotopic (exact) mass is 286 g/mol. The van der Waals surface area contributed by atoms with Crippen molar-refractivity contribution in [3.05, 3.63) is 35.9 Å². The summed E-state index contributed by atoms with van der Waals surface area (Å²) in [5.74, 6) is 0.932. The number of benzene rings is 1. The summed E-state index contributed by atoms with van der Waals surface area (Å²) in [6.45, 7) is 3.15. The third-order valence-electron chi connectivity index (χ3n) is 3.63. The number of anilines is 1. The van der Waals surface area contributed by atoms with Crippen LogP contribution in [0.5, 0.6) is 0 Å². The molecule has 1 aromatic carbocycles. The zero-order valence-corrected chi connectivity index (χ0v) is 11.7. The molecule has 1 aliphatic rings. The zero-order valence-electron chi connectivity index (χ0n) is 11.7. The van der Waals surface area contributed by atoms with Gasteiger partial charge in [0, 0.05) is 30.6 Å². The summed E-state index contributed by atoms with van der Waals surface area (Å²) >= 11 is 0. The zero-order chi connectivity index (χ0) is 14.7. The Balaban J connectivity index is 2.11. The molecule has 0 bridgehead atoms. The summed E-state index contributed by atoms with van der Waals surface area (Å²) in [5.41, 5.74) is 7.35. The normalized spacial score (nSPS) is 17.0. The van der Waals surface area contributed by atoms with Crippen LogP contribution >= 0.6 is 0 Å². The molecule has 0 radical (unpaired) electrons. The maximum absolute atomic E-state index is 9.00. The molecule has 110 valence electrons. The number of aromatic nitrogens is 1. The lowest BCUT2D eigenvalue weighted by Gasteiger charge is -2.22. The van der Waals surface area contributed by atoms with Gasteiger partial charge >= 0.3 is 0 Å². The van der Waals surface area contributed by atoms with Gasteiger partial charge in [-0.15, -0.1) is 0 Å². The number of oxime groups is 1. The predicted octanol–water partition coefficient (Wildman–Crippen LogP) is 1.56. The molecular weight excluding hydrogens is 268 g/mol. The molecule has 0 spiro atoms. The average molecular weight is 286 g/mol. The van der Waals surface area contributed by atoms with Crippen LogP contribution < -0.4 is 10.6 Å². The molecule has 6 nitrogen and oxygen atoms in total. The van der Waals surface area contributed by atoms with E-state index in [4.69, 9.17) is 20.7 Å². The molecule has 6 heteroatoms. The van der Waals surface area contributed by atoms with Crippen molar-refractivity contribution in [2.24, 2.45) is 10.9 Å². The first-order chi connectivity index (χ1) is 10.3. The molecule has 0 saturated carbocycles. The number of amidine groups is 1. The molecule has 1 fully saturated rings. The number of ether oxygens (including phenoxy) is 1. The van der Waals surface area contributed by atoms with E-state index in [-0.39, 0.29) is 5.84 Å². The van der Waals surface area contributed by atoms with Gasteiger partial charge < -0.3 is 20.6 Å². The SMILES string of the molecule is NC(=NO)c1cc(N2CCCOCC2)nc2ccccc12. The van der Waals surface area contributed by atoms with E-state index in [0.717, 1.165) is 42.8 Å². The van der Waals surface area contributed by atoms with E-state index in [1.54, 1.807) is 0 Å². The largest absolute Gasteiger partial charge is 0.409 e. The Hall–Kier alpha value is -2.34. The van der Waals surface area contributed by atoms with E-state index < -0.39 is 0 Å². The standard InChI is InChI=1S/C15H18N4O2/c16-15(18-20)12-10-14(19-6-3-8-21-9-7-19)17-13-5-2-1-4-11(12)13/h1-2,4-5,10,20H,3,6-9H2,(H2,16,18). The molecule has 1 aromatic heterocycles. The third kappa shape index (κ3) is 2.75. The van der Waals surface area contributed by atoms with Gasteiger partial charge in [-0.2, -0.15) is 0 Å². The van der Waals surface area contributed by atoms with E-state index in [9.17, 15) is 0 Å². The van der Waals surface area contributed by atoms with Crippen LogP contribution in [0.1, 0.15) is 12.0 Å². The number of fused-ring (bicyclic) bond motifs is 1. The Morgan fingerprint density at radius 1 is 1.29 bits per heavy atom. The Labute approximate surface area is 122 Å². The predicted molar refractivity (Wildman–Crippen MR) is 81.9 cm³/mol. The number of rotatable bonds is 2. The van der Waals surface area contributed by atoms with Crippen LogP contribution in [0.15, 0.2) is 35.5 Å². The molecular formula is C15H18N4O2. The lowest BCUT2D eigenvalue weighted by molar-refractivity contribution is 0.152. The van der Waals surface area contributed by atoms with Crippen LogP contribution in [0.25, 0.3) is 10.9 Å². The van der Waals surface area contributed by atoms with E-state index in [1.165, 1.54) is 0 Å². The molecule has 3 N–H and O–H groups in total. The van der Waals surface area contributed by atoms with Gasteiger partial charge in [0.25, 0.3) is 0 Å². The molecule has 0 atom stereocenters. The van der Waals surface area contributed by atoms with Crippen LogP contribution in [-0.2, 0) is 4.74 Å². The average Bonchev–Trinajstić information content (AvgIpc) is 2.82. The lowest BCUT2D eigenvalue weighted by atomic mass is 10.1. The summed E-state index contributed by atoms with van der Waals surface area (Å²) in [6.07, 6.45) is 0.966. The van der Waals surface area contributed by atoms with E-state index >= 15 is 0 Å².